The highest BCUT2D eigenvalue weighted by molar-refractivity contribution is 7.26. The van der Waals surface area contributed by atoms with E-state index < -0.39 is 5.89 Å². The van der Waals surface area contributed by atoms with Gasteiger partial charge in [-0.1, -0.05) is 118 Å². The fraction of sp³-hybridized carbons (Fsp3) is 0.250. The van der Waals surface area contributed by atoms with Gasteiger partial charge in [0.25, 0.3) is 0 Å². The third-order valence-electron chi connectivity index (χ3n) is 7.87. The fourth-order valence-electron chi connectivity index (χ4n) is 5.40. The van der Waals surface area contributed by atoms with Gasteiger partial charge >= 0.3 is 0 Å². The summed E-state index contributed by atoms with van der Waals surface area (Å²) < 4.78 is 12.0. The number of aryl methyl sites for hydroxylation is 1. The molecular weight excluding hydrogens is 478 g/mol. The van der Waals surface area contributed by atoms with Crippen LogP contribution in [0, 0.1) is 12.8 Å². The molecule has 5 aromatic rings. The van der Waals surface area contributed by atoms with Gasteiger partial charge < -0.3 is 0 Å². The van der Waals surface area contributed by atoms with E-state index in [4.69, 9.17) is 4.99 Å². The van der Waals surface area contributed by atoms with Crippen LogP contribution in [-0.2, 0) is 5.41 Å². The molecule has 1 aliphatic heterocycles. The van der Waals surface area contributed by atoms with Crippen molar-refractivity contribution in [3.05, 3.63) is 113 Å². The van der Waals surface area contributed by atoms with Crippen LogP contribution in [0.5, 0.6) is 0 Å². The smallest absolute Gasteiger partial charge is 0.0675 e. The van der Waals surface area contributed by atoms with Crippen LogP contribution in [0.1, 0.15) is 63.6 Å². The maximum atomic E-state index is 9.41. The van der Waals surface area contributed by atoms with E-state index in [1.807, 2.05) is 24.5 Å². The van der Waals surface area contributed by atoms with Crippen molar-refractivity contribution < 1.29 is 1.37 Å². The zero-order valence-electron chi connectivity index (χ0n) is 23.9. The average molecular weight is 515 g/mol. The van der Waals surface area contributed by atoms with Crippen molar-refractivity contribution in [2.45, 2.75) is 52.3 Å². The van der Waals surface area contributed by atoms with Gasteiger partial charge in [0.15, 0.2) is 0 Å². The second-order valence-corrected chi connectivity index (χ2v) is 12.6. The molecular formula is C36H35NS. The minimum Gasteiger partial charge on any atom is -0.261 e. The van der Waals surface area contributed by atoms with Crippen LogP contribution in [0.15, 0.2) is 96.0 Å². The molecule has 0 N–H and O–H groups in total. The van der Waals surface area contributed by atoms with Crippen molar-refractivity contribution in [3.63, 3.8) is 0 Å². The highest BCUT2D eigenvalue weighted by atomic mass is 32.1. The molecule has 190 valence electrons. The van der Waals surface area contributed by atoms with Crippen molar-refractivity contribution in [2.75, 3.05) is 0 Å². The van der Waals surface area contributed by atoms with E-state index in [2.05, 4.69) is 119 Å². The standard InChI is InChI=1S/C36H35NS/c1-23-9-11-26(12-10-23)28-15-18-30-31-7-6-8-32(35(31)38-34(30)22-28)33-21-27(19-20-37-33)24(2)25-13-16-29(17-14-25)36(3,4)5/h6-18,20-22,24,27H,19H2,1-5H3/i24D. The molecule has 2 heterocycles. The van der Waals surface area contributed by atoms with E-state index in [0.717, 1.165) is 23.2 Å². The number of aliphatic imine (C=N–C) groups is 1. The molecule has 2 heteroatoms. The summed E-state index contributed by atoms with van der Waals surface area (Å²) in [4.78, 5) is 4.86. The summed E-state index contributed by atoms with van der Waals surface area (Å²) in [6, 6.07) is 30.8. The van der Waals surface area contributed by atoms with Gasteiger partial charge in [0, 0.05) is 33.3 Å². The van der Waals surface area contributed by atoms with Crippen LogP contribution in [0.3, 0.4) is 0 Å². The first kappa shape index (κ1) is 23.6. The molecule has 6 rings (SSSR count). The number of benzene rings is 4. The van der Waals surface area contributed by atoms with Gasteiger partial charge in [-0.2, -0.15) is 0 Å². The van der Waals surface area contributed by atoms with Gasteiger partial charge in [0.1, 0.15) is 0 Å². The Bertz CT molecular complexity index is 1730. The van der Waals surface area contributed by atoms with Crippen LogP contribution in [0.25, 0.3) is 37.0 Å². The second-order valence-electron chi connectivity index (χ2n) is 11.6. The molecule has 0 radical (unpaired) electrons. The summed E-state index contributed by atoms with van der Waals surface area (Å²) in [5.41, 5.74) is 8.35. The van der Waals surface area contributed by atoms with Crippen LogP contribution in [-0.4, -0.2) is 6.21 Å². The van der Waals surface area contributed by atoms with Crippen molar-refractivity contribution in [1.29, 1.82) is 0 Å². The lowest BCUT2D eigenvalue weighted by Gasteiger charge is -2.25. The van der Waals surface area contributed by atoms with Crippen LogP contribution >= 0.6 is 11.3 Å². The molecule has 0 amide bonds. The van der Waals surface area contributed by atoms with Crippen molar-refractivity contribution >= 4 is 43.4 Å². The number of thiophene rings is 1. The van der Waals surface area contributed by atoms with Crippen molar-refractivity contribution in [2.24, 2.45) is 10.9 Å². The lowest BCUT2D eigenvalue weighted by atomic mass is 9.81. The first-order chi connectivity index (χ1) is 18.6. The molecule has 38 heavy (non-hydrogen) atoms. The molecule has 1 nitrogen and oxygen atoms in total. The van der Waals surface area contributed by atoms with E-state index in [0.29, 0.717) is 0 Å². The Hall–Kier alpha value is -3.49. The number of nitrogens with zero attached hydrogens (tertiary/aromatic N) is 1. The number of allylic oxidation sites excluding steroid dienone is 1. The van der Waals surface area contributed by atoms with Gasteiger partial charge in [0.2, 0.25) is 0 Å². The Labute approximate surface area is 232 Å². The normalized spacial score (nSPS) is 17.9. The quantitative estimate of drug-likeness (QED) is 0.226. The minimum atomic E-state index is -0.745. The van der Waals surface area contributed by atoms with Crippen molar-refractivity contribution in [3.8, 4) is 11.1 Å². The Kier molecular flexibility index (Phi) is 6.01. The SMILES string of the molecule is [2H]C(C)(c1ccc(C(C)(C)C)cc1)C1C=C(c2cccc3c2sc2cc(-c4ccc(C)cc4)ccc23)N=CC1. The third kappa shape index (κ3) is 4.63. The van der Waals surface area contributed by atoms with Gasteiger partial charge in [-0.15, -0.1) is 11.3 Å². The summed E-state index contributed by atoms with van der Waals surface area (Å²) in [5.74, 6) is -0.700. The van der Waals surface area contributed by atoms with E-state index in [9.17, 15) is 1.37 Å². The second kappa shape index (κ2) is 9.67. The number of hydrogen-bond donors (Lipinski definition) is 0. The number of fused-ring (bicyclic) bond motifs is 3. The molecule has 0 bridgehead atoms. The van der Waals surface area contributed by atoms with Gasteiger partial charge in [-0.3, -0.25) is 4.99 Å². The molecule has 0 spiro atoms. The highest BCUT2D eigenvalue weighted by Crippen LogP contribution is 2.42. The molecule has 2 unspecified atom stereocenters. The molecule has 0 saturated heterocycles. The predicted octanol–water partition coefficient (Wildman–Crippen LogP) is 10.6. The van der Waals surface area contributed by atoms with E-state index in [-0.39, 0.29) is 11.3 Å². The fourth-order valence-corrected chi connectivity index (χ4v) is 6.66. The summed E-state index contributed by atoms with van der Waals surface area (Å²) in [6.07, 6.45) is 5.02. The van der Waals surface area contributed by atoms with Gasteiger partial charge in [-0.05, 0) is 58.9 Å². The minimum absolute atomic E-state index is 0.0447. The third-order valence-corrected chi connectivity index (χ3v) is 9.07. The zero-order valence-corrected chi connectivity index (χ0v) is 23.7. The predicted molar refractivity (Wildman–Crippen MR) is 168 cm³/mol. The van der Waals surface area contributed by atoms with Gasteiger partial charge in [0.05, 0.1) is 5.70 Å². The Morgan fingerprint density at radius 2 is 1.63 bits per heavy atom. The molecule has 1 aromatic heterocycles. The maximum Gasteiger partial charge on any atom is 0.0675 e. The van der Waals surface area contributed by atoms with Crippen molar-refractivity contribution in [1.82, 2.24) is 0 Å². The molecule has 2 atom stereocenters. The van der Waals surface area contributed by atoms with Gasteiger partial charge in [-0.25, -0.2) is 0 Å². The number of rotatable bonds is 4. The van der Waals surface area contributed by atoms with Crippen LogP contribution < -0.4 is 0 Å². The lowest BCUT2D eigenvalue weighted by Crippen LogP contribution is -2.13. The monoisotopic (exact) mass is 514 g/mol. The van der Waals surface area contributed by atoms with E-state index >= 15 is 0 Å². The van der Waals surface area contributed by atoms with Crippen LogP contribution in [0.2, 0.25) is 0 Å². The summed E-state index contributed by atoms with van der Waals surface area (Å²) in [5, 5.41) is 2.56. The Morgan fingerprint density at radius 1 is 0.895 bits per heavy atom. The largest absolute Gasteiger partial charge is 0.261 e. The first-order valence-corrected chi connectivity index (χ1v) is 14.3. The Balaban J connectivity index is 1.38. The summed E-state index contributed by atoms with van der Waals surface area (Å²) in [7, 11) is 0. The molecule has 0 fully saturated rings. The highest BCUT2D eigenvalue weighted by Gasteiger charge is 2.22. The first-order valence-electron chi connectivity index (χ1n) is 14.0. The maximum absolute atomic E-state index is 9.41. The average Bonchev–Trinajstić information content (AvgIpc) is 3.31. The van der Waals surface area contributed by atoms with E-state index in [1.165, 1.54) is 42.4 Å². The van der Waals surface area contributed by atoms with E-state index in [1.54, 1.807) is 0 Å². The van der Waals surface area contributed by atoms with Crippen LogP contribution in [0.4, 0.5) is 0 Å². The zero-order chi connectivity index (χ0) is 27.4. The number of hydrogen-bond acceptors (Lipinski definition) is 2. The molecule has 4 aromatic carbocycles. The summed E-state index contributed by atoms with van der Waals surface area (Å²) >= 11 is 1.84. The Morgan fingerprint density at radius 3 is 2.37 bits per heavy atom. The lowest BCUT2D eigenvalue weighted by molar-refractivity contribution is 0.558. The summed E-state index contributed by atoms with van der Waals surface area (Å²) in [6.45, 7) is 10.9. The molecule has 0 saturated carbocycles. The molecule has 1 aliphatic rings. The molecule has 0 aliphatic carbocycles. The topological polar surface area (TPSA) is 12.4 Å².